The highest BCUT2D eigenvalue weighted by atomic mass is 15.2. The van der Waals surface area contributed by atoms with E-state index in [1.54, 1.807) is 0 Å². The molecular formula is C6H13N. The van der Waals surface area contributed by atoms with Crippen LogP contribution in [0.1, 0.15) is 27.2 Å². The molecule has 0 aromatic heterocycles. The van der Waals surface area contributed by atoms with Crippen LogP contribution in [0.15, 0.2) is 0 Å². The molecule has 1 aliphatic heterocycles. The largest absolute Gasteiger partial charge is 0.306 e. The summed E-state index contributed by atoms with van der Waals surface area (Å²) < 4.78 is 0. The zero-order chi connectivity index (χ0) is 5.49. The summed E-state index contributed by atoms with van der Waals surface area (Å²) in [5, 5.41) is 3.36. The van der Waals surface area contributed by atoms with Gasteiger partial charge in [-0.05, 0) is 20.3 Å². The monoisotopic (exact) mass is 99.1 g/mol. The van der Waals surface area contributed by atoms with E-state index in [0.29, 0.717) is 5.54 Å². The molecule has 1 heterocycles. The molecule has 7 heavy (non-hydrogen) atoms. The van der Waals surface area contributed by atoms with Gasteiger partial charge in [0.05, 0.1) is 0 Å². The minimum atomic E-state index is 0.500. The van der Waals surface area contributed by atoms with E-state index in [2.05, 4.69) is 26.1 Å². The van der Waals surface area contributed by atoms with Gasteiger partial charge in [0.15, 0.2) is 0 Å². The van der Waals surface area contributed by atoms with E-state index in [1.807, 2.05) is 0 Å². The normalized spacial score (nSPS) is 49.3. The molecule has 0 amide bonds. The fourth-order valence-corrected chi connectivity index (χ4v) is 0.861. The number of hydrogen-bond acceptors (Lipinski definition) is 1. The van der Waals surface area contributed by atoms with Crippen molar-refractivity contribution >= 4 is 0 Å². The third-order valence-electron chi connectivity index (χ3n) is 2.15. The summed E-state index contributed by atoms with van der Waals surface area (Å²) in [7, 11) is 0. The number of hydrogen-bond donors (Lipinski definition) is 1. The summed E-state index contributed by atoms with van der Waals surface area (Å²) in [5.41, 5.74) is 0.500. The van der Waals surface area contributed by atoms with Crippen molar-refractivity contribution in [3.05, 3.63) is 0 Å². The maximum atomic E-state index is 3.36. The van der Waals surface area contributed by atoms with E-state index in [-0.39, 0.29) is 0 Å². The summed E-state index contributed by atoms with van der Waals surface area (Å²) in [6.45, 7) is 6.71. The van der Waals surface area contributed by atoms with Gasteiger partial charge >= 0.3 is 0 Å². The molecule has 1 saturated heterocycles. The molecule has 1 N–H and O–H groups in total. The van der Waals surface area contributed by atoms with Crippen LogP contribution in [0.4, 0.5) is 0 Å². The first-order valence-electron chi connectivity index (χ1n) is 2.97. The Balaban J connectivity index is 2.36. The van der Waals surface area contributed by atoms with Gasteiger partial charge in [-0.3, -0.25) is 0 Å². The molecule has 1 unspecified atom stereocenters. The van der Waals surface area contributed by atoms with Gasteiger partial charge in [-0.2, -0.15) is 0 Å². The molecule has 0 aromatic carbocycles. The van der Waals surface area contributed by atoms with Crippen LogP contribution in [0, 0.1) is 0 Å². The maximum Gasteiger partial charge on any atom is 0.0304 e. The maximum absolute atomic E-state index is 3.36. The molecule has 42 valence electrons. The molecule has 0 saturated carbocycles. The fraction of sp³-hybridized carbons (Fsp3) is 1.00. The molecule has 0 spiro atoms. The standard InChI is InChI=1S/C6H13N/c1-4-6(3)5(2)7-6/h5,7H,4H2,1-3H3/t5?,6-/m0/s1. The lowest BCUT2D eigenvalue weighted by atomic mass is 10.1. The highest BCUT2D eigenvalue weighted by Crippen LogP contribution is 2.27. The minimum absolute atomic E-state index is 0.500. The Morgan fingerprint density at radius 1 is 1.71 bits per heavy atom. The third-order valence-corrected chi connectivity index (χ3v) is 2.15. The first kappa shape index (κ1) is 5.10. The van der Waals surface area contributed by atoms with Crippen LogP contribution in [0.5, 0.6) is 0 Å². The van der Waals surface area contributed by atoms with Gasteiger partial charge in [0.1, 0.15) is 0 Å². The van der Waals surface area contributed by atoms with E-state index in [4.69, 9.17) is 0 Å². The zero-order valence-electron chi connectivity index (χ0n) is 5.28. The van der Waals surface area contributed by atoms with Crippen molar-refractivity contribution < 1.29 is 0 Å². The zero-order valence-corrected chi connectivity index (χ0v) is 5.28. The SMILES string of the molecule is CC[C@]1(C)NC1C. The van der Waals surface area contributed by atoms with Gasteiger partial charge in [0.25, 0.3) is 0 Å². The molecule has 1 heteroatoms. The van der Waals surface area contributed by atoms with Gasteiger partial charge in [-0.25, -0.2) is 0 Å². The second-order valence-corrected chi connectivity index (χ2v) is 2.64. The molecule has 1 rings (SSSR count). The smallest absolute Gasteiger partial charge is 0.0304 e. The van der Waals surface area contributed by atoms with Crippen LogP contribution in [-0.2, 0) is 0 Å². The van der Waals surface area contributed by atoms with Crippen LogP contribution in [0.2, 0.25) is 0 Å². The summed E-state index contributed by atoms with van der Waals surface area (Å²) in [6, 6.07) is 0.762. The molecular weight excluding hydrogens is 86.1 g/mol. The van der Waals surface area contributed by atoms with Crippen LogP contribution in [-0.4, -0.2) is 11.6 Å². The van der Waals surface area contributed by atoms with Crippen LogP contribution in [0.25, 0.3) is 0 Å². The van der Waals surface area contributed by atoms with E-state index in [0.717, 1.165) is 6.04 Å². The Bertz CT molecular complexity index is 76.2. The molecule has 1 fully saturated rings. The first-order chi connectivity index (χ1) is 3.19. The van der Waals surface area contributed by atoms with Crippen molar-refractivity contribution in [1.82, 2.24) is 5.32 Å². The van der Waals surface area contributed by atoms with Crippen molar-refractivity contribution in [2.75, 3.05) is 0 Å². The molecule has 2 atom stereocenters. The molecule has 1 nitrogen and oxygen atoms in total. The predicted octanol–water partition coefficient (Wildman–Crippen LogP) is 1.15. The highest BCUT2D eigenvalue weighted by Gasteiger charge is 2.43. The second-order valence-electron chi connectivity index (χ2n) is 2.64. The van der Waals surface area contributed by atoms with Crippen molar-refractivity contribution in [2.45, 2.75) is 38.8 Å². The molecule has 0 bridgehead atoms. The van der Waals surface area contributed by atoms with Gasteiger partial charge in [0, 0.05) is 11.6 Å². The Kier molecular flexibility index (Phi) is 0.890. The third kappa shape index (κ3) is 0.653. The summed E-state index contributed by atoms with van der Waals surface area (Å²) in [5.74, 6) is 0. The van der Waals surface area contributed by atoms with E-state index in [1.165, 1.54) is 6.42 Å². The Morgan fingerprint density at radius 3 is 2.14 bits per heavy atom. The van der Waals surface area contributed by atoms with E-state index < -0.39 is 0 Å². The number of rotatable bonds is 1. The lowest BCUT2D eigenvalue weighted by molar-refractivity contribution is 0.647. The van der Waals surface area contributed by atoms with Crippen LogP contribution < -0.4 is 5.32 Å². The molecule has 1 aliphatic rings. The van der Waals surface area contributed by atoms with Gasteiger partial charge < -0.3 is 5.32 Å². The van der Waals surface area contributed by atoms with Crippen molar-refractivity contribution in [3.8, 4) is 0 Å². The number of nitrogens with one attached hydrogen (secondary N) is 1. The predicted molar refractivity (Wildman–Crippen MR) is 31.3 cm³/mol. The van der Waals surface area contributed by atoms with E-state index in [9.17, 15) is 0 Å². The molecule has 0 aliphatic carbocycles. The van der Waals surface area contributed by atoms with Crippen molar-refractivity contribution in [3.63, 3.8) is 0 Å². The minimum Gasteiger partial charge on any atom is -0.306 e. The van der Waals surface area contributed by atoms with Crippen molar-refractivity contribution in [1.29, 1.82) is 0 Å². The van der Waals surface area contributed by atoms with Gasteiger partial charge in [-0.15, -0.1) is 0 Å². The lowest BCUT2D eigenvalue weighted by Crippen LogP contribution is -2.07. The van der Waals surface area contributed by atoms with Gasteiger partial charge in [0.2, 0.25) is 0 Å². The Hall–Kier alpha value is -0.0400. The van der Waals surface area contributed by atoms with Crippen LogP contribution in [0.3, 0.4) is 0 Å². The summed E-state index contributed by atoms with van der Waals surface area (Å²) in [4.78, 5) is 0. The molecule has 0 radical (unpaired) electrons. The fourth-order valence-electron chi connectivity index (χ4n) is 0.861. The van der Waals surface area contributed by atoms with Crippen molar-refractivity contribution in [2.24, 2.45) is 0 Å². The van der Waals surface area contributed by atoms with Crippen LogP contribution >= 0.6 is 0 Å². The Morgan fingerprint density at radius 2 is 2.14 bits per heavy atom. The topological polar surface area (TPSA) is 21.9 Å². The average Bonchev–Trinajstić information content (AvgIpc) is 2.18. The summed E-state index contributed by atoms with van der Waals surface area (Å²) >= 11 is 0. The average molecular weight is 99.2 g/mol. The first-order valence-corrected chi connectivity index (χ1v) is 2.97. The van der Waals surface area contributed by atoms with E-state index >= 15 is 0 Å². The highest BCUT2D eigenvalue weighted by molar-refractivity contribution is 5.07. The quantitative estimate of drug-likeness (QED) is 0.489. The second kappa shape index (κ2) is 1.22. The Labute approximate surface area is 45.1 Å². The summed E-state index contributed by atoms with van der Waals surface area (Å²) in [6.07, 6.45) is 1.26. The lowest BCUT2D eigenvalue weighted by Gasteiger charge is -1.97. The van der Waals surface area contributed by atoms with Gasteiger partial charge in [-0.1, -0.05) is 6.92 Å². The molecule has 0 aromatic rings.